The molecule has 0 spiro atoms. The molecular weight excluding hydrogens is 285 g/mol. The highest BCUT2D eigenvalue weighted by molar-refractivity contribution is 5.82. The number of carbonyl (C=O) groups is 2. The lowest BCUT2D eigenvalue weighted by atomic mass is 9.84. The summed E-state index contributed by atoms with van der Waals surface area (Å²) in [6.45, 7) is 1.66. The number of amides is 2. The SMILES string of the molecule is CC(NC(=O)CCNC(=O)C(F)(F)F)C1CC2CCC1C2. The van der Waals surface area contributed by atoms with Crippen molar-refractivity contribution >= 4 is 11.8 Å². The van der Waals surface area contributed by atoms with Crippen LogP contribution in [0.5, 0.6) is 0 Å². The Morgan fingerprint density at radius 2 is 1.95 bits per heavy atom. The lowest BCUT2D eigenvalue weighted by Crippen LogP contribution is -2.42. The molecule has 4 atom stereocenters. The number of nitrogens with one attached hydrogen (secondary N) is 2. The molecule has 0 radical (unpaired) electrons. The standard InChI is InChI=1S/C14H21F3N2O2/c1-8(11-7-9-2-3-10(11)6-9)19-12(20)4-5-18-13(21)14(15,16)17/h8-11H,2-7H2,1H3,(H,18,21)(H,19,20). The Bertz CT molecular complexity index is 412. The second kappa shape index (κ2) is 6.23. The predicted molar refractivity (Wildman–Crippen MR) is 70.2 cm³/mol. The van der Waals surface area contributed by atoms with E-state index in [0.29, 0.717) is 11.8 Å². The smallest absolute Gasteiger partial charge is 0.353 e. The number of hydrogen-bond donors (Lipinski definition) is 2. The van der Waals surface area contributed by atoms with Crippen molar-refractivity contribution in [2.24, 2.45) is 17.8 Å². The maximum absolute atomic E-state index is 12.0. The van der Waals surface area contributed by atoms with Gasteiger partial charge in [0.15, 0.2) is 0 Å². The van der Waals surface area contributed by atoms with Gasteiger partial charge in [0.2, 0.25) is 5.91 Å². The van der Waals surface area contributed by atoms with Crippen LogP contribution < -0.4 is 10.6 Å². The van der Waals surface area contributed by atoms with E-state index in [2.05, 4.69) is 5.32 Å². The van der Waals surface area contributed by atoms with Gasteiger partial charge in [0.25, 0.3) is 0 Å². The summed E-state index contributed by atoms with van der Waals surface area (Å²) in [5, 5.41) is 4.55. The van der Waals surface area contributed by atoms with E-state index < -0.39 is 12.1 Å². The first-order chi connectivity index (χ1) is 9.77. The predicted octanol–water partition coefficient (Wildman–Crippen LogP) is 2.00. The van der Waals surface area contributed by atoms with Crippen LogP contribution in [-0.4, -0.2) is 30.6 Å². The van der Waals surface area contributed by atoms with Crippen LogP contribution in [-0.2, 0) is 9.59 Å². The van der Waals surface area contributed by atoms with Crippen LogP contribution in [0, 0.1) is 17.8 Å². The lowest BCUT2D eigenvalue weighted by Gasteiger charge is -2.28. The highest BCUT2D eigenvalue weighted by Gasteiger charge is 2.42. The fourth-order valence-electron chi connectivity index (χ4n) is 3.73. The minimum Gasteiger partial charge on any atom is -0.353 e. The molecule has 0 heterocycles. The third kappa shape index (κ3) is 4.11. The van der Waals surface area contributed by atoms with Gasteiger partial charge >= 0.3 is 12.1 Å². The summed E-state index contributed by atoms with van der Waals surface area (Å²) in [5.41, 5.74) is 0. The Morgan fingerprint density at radius 3 is 2.48 bits per heavy atom. The zero-order valence-corrected chi connectivity index (χ0v) is 12.0. The van der Waals surface area contributed by atoms with Crippen molar-refractivity contribution in [1.29, 1.82) is 0 Å². The molecule has 120 valence electrons. The third-order valence-corrected chi connectivity index (χ3v) is 4.72. The summed E-state index contributed by atoms with van der Waals surface area (Å²) in [5.74, 6) is -0.373. The molecule has 0 aromatic heterocycles. The van der Waals surface area contributed by atoms with Gasteiger partial charge in [0.1, 0.15) is 0 Å². The van der Waals surface area contributed by atoms with Gasteiger partial charge in [-0.3, -0.25) is 9.59 Å². The molecule has 2 rings (SSSR count). The number of hydrogen-bond acceptors (Lipinski definition) is 2. The van der Waals surface area contributed by atoms with E-state index in [9.17, 15) is 22.8 Å². The lowest BCUT2D eigenvalue weighted by molar-refractivity contribution is -0.173. The Morgan fingerprint density at radius 1 is 1.24 bits per heavy atom. The van der Waals surface area contributed by atoms with E-state index in [1.807, 2.05) is 6.92 Å². The molecule has 4 unspecified atom stereocenters. The summed E-state index contributed by atoms with van der Waals surface area (Å²) < 4.78 is 35.9. The number of halogens is 3. The average Bonchev–Trinajstić information content (AvgIpc) is 2.99. The fraction of sp³-hybridized carbons (Fsp3) is 0.857. The van der Waals surface area contributed by atoms with Gasteiger partial charge in [-0.25, -0.2) is 0 Å². The Labute approximate surface area is 121 Å². The second-order valence-electron chi connectivity index (χ2n) is 6.20. The molecule has 2 N–H and O–H groups in total. The maximum Gasteiger partial charge on any atom is 0.471 e. The first-order valence-electron chi connectivity index (χ1n) is 7.41. The minimum absolute atomic E-state index is 0.0473. The highest BCUT2D eigenvalue weighted by atomic mass is 19.4. The van der Waals surface area contributed by atoms with Crippen LogP contribution in [0.3, 0.4) is 0 Å². The normalized spacial score (nSPS) is 29.2. The number of alkyl halides is 3. The molecule has 2 bridgehead atoms. The molecule has 2 aliphatic rings. The molecule has 21 heavy (non-hydrogen) atoms. The van der Waals surface area contributed by atoms with Gasteiger partial charge in [-0.05, 0) is 43.9 Å². The number of carbonyl (C=O) groups excluding carboxylic acids is 2. The zero-order chi connectivity index (χ0) is 15.6. The van der Waals surface area contributed by atoms with Gasteiger partial charge in [-0.15, -0.1) is 0 Å². The summed E-state index contributed by atoms with van der Waals surface area (Å²) >= 11 is 0. The van der Waals surface area contributed by atoms with Gasteiger partial charge in [-0.2, -0.15) is 13.2 Å². The topological polar surface area (TPSA) is 58.2 Å². The van der Waals surface area contributed by atoms with Crippen molar-refractivity contribution in [1.82, 2.24) is 10.6 Å². The molecule has 2 aliphatic carbocycles. The van der Waals surface area contributed by atoms with Crippen LogP contribution in [0.4, 0.5) is 13.2 Å². The molecular formula is C14H21F3N2O2. The molecule has 0 saturated heterocycles. The molecule has 2 saturated carbocycles. The Kier molecular flexibility index (Phi) is 4.78. The van der Waals surface area contributed by atoms with Gasteiger partial charge in [-0.1, -0.05) is 6.42 Å². The highest BCUT2D eigenvalue weighted by Crippen LogP contribution is 2.49. The van der Waals surface area contributed by atoms with Gasteiger partial charge in [0.05, 0.1) is 0 Å². The third-order valence-electron chi connectivity index (χ3n) is 4.72. The number of fused-ring (bicyclic) bond motifs is 2. The molecule has 0 aliphatic heterocycles. The van der Waals surface area contributed by atoms with E-state index in [1.165, 1.54) is 19.3 Å². The van der Waals surface area contributed by atoms with Gasteiger partial charge in [0, 0.05) is 19.0 Å². The molecule has 0 aromatic rings. The monoisotopic (exact) mass is 306 g/mol. The first-order valence-corrected chi connectivity index (χ1v) is 7.41. The molecule has 2 amide bonds. The average molecular weight is 306 g/mol. The first kappa shape index (κ1) is 16.1. The van der Waals surface area contributed by atoms with Crippen LogP contribution in [0.25, 0.3) is 0 Å². The zero-order valence-electron chi connectivity index (χ0n) is 12.0. The summed E-state index contributed by atoms with van der Waals surface area (Å²) in [6, 6.07) is 0.0473. The van der Waals surface area contributed by atoms with E-state index in [1.54, 1.807) is 5.32 Å². The Hall–Kier alpha value is -1.27. The molecule has 4 nitrogen and oxygen atoms in total. The molecule has 0 aromatic carbocycles. The van der Waals surface area contributed by atoms with E-state index in [4.69, 9.17) is 0 Å². The summed E-state index contributed by atoms with van der Waals surface area (Å²) in [6.07, 6.45) is -0.147. The Balaban J connectivity index is 1.66. The van der Waals surface area contributed by atoms with Crippen LogP contribution in [0.1, 0.15) is 39.0 Å². The molecule has 2 fully saturated rings. The van der Waals surface area contributed by atoms with Crippen molar-refractivity contribution in [3.8, 4) is 0 Å². The fourth-order valence-corrected chi connectivity index (χ4v) is 3.73. The van der Waals surface area contributed by atoms with Crippen LogP contribution in [0.2, 0.25) is 0 Å². The van der Waals surface area contributed by atoms with Crippen LogP contribution >= 0.6 is 0 Å². The molecule has 7 heteroatoms. The minimum atomic E-state index is -4.90. The van der Waals surface area contributed by atoms with Crippen molar-refractivity contribution < 1.29 is 22.8 Å². The number of rotatable bonds is 5. The van der Waals surface area contributed by atoms with E-state index in [-0.39, 0.29) is 24.9 Å². The van der Waals surface area contributed by atoms with E-state index >= 15 is 0 Å². The van der Waals surface area contributed by atoms with Crippen molar-refractivity contribution in [2.45, 2.75) is 51.2 Å². The van der Waals surface area contributed by atoms with Crippen molar-refractivity contribution in [3.63, 3.8) is 0 Å². The maximum atomic E-state index is 12.0. The largest absolute Gasteiger partial charge is 0.471 e. The second-order valence-corrected chi connectivity index (χ2v) is 6.20. The van der Waals surface area contributed by atoms with Crippen molar-refractivity contribution in [2.75, 3.05) is 6.54 Å². The van der Waals surface area contributed by atoms with Gasteiger partial charge < -0.3 is 10.6 Å². The van der Waals surface area contributed by atoms with Crippen LogP contribution in [0.15, 0.2) is 0 Å². The quantitative estimate of drug-likeness (QED) is 0.816. The summed E-state index contributed by atoms with van der Waals surface area (Å²) in [7, 11) is 0. The van der Waals surface area contributed by atoms with Crippen molar-refractivity contribution in [3.05, 3.63) is 0 Å². The summed E-state index contributed by atoms with van der Waals surface area (Å²) in [4.78, 5) is 22.3. The van der Waals surface area contributed by atoms with E-state index in [0.717, 1.165) is 12.3 Å².